The third-order valence-corrected chi connectivity index (χ3v) is 10.9. The number of hydrogen-bond donors (Lipinski definition) is 0. The van der Waals surface area contributed by atoms with E-state index in [0.717, 1.165) is 60.9 Å². The van der Waals surface area contributed by atoms with Gasteiger partial charge in [-0.2, -0.15) is 0 Å². The predicted octanol–water partition coefficient (Wildman–Crippen LogP) is 11.6. The summed E-state index contributed by atoms with van der Waals surface area (Å²) in [7, 11) is 0. The molecule has 0 N–H and O–H groups in total. The smallest absolute Gasteiger partial charge is 0.167 e. The summed E-state index contributed by atoms with van der Waals surface area (Å²) in [6.07, 6.45) is 1.85. The first kappa shape index (κ1) is 29.8. The van der Waals surface area contributed by atoms with E-state index in [-0.39, 0.29) is 5.41 Å². The molecule has 0 unspecified atom stereocenters. The number of benzene rings is 6. The van der Waals surface area contributed by atoms with Gasteiger partial charge in [0.15, 0.2) is 17.5 Å². The van der Waals surface area contributed by atoms with E-state index in [1.165, 1.54) is 27.6 Å². The molecule has 1 aliphatic rings. The summed E-state index contributed by atoms with van der Waals surface area (Å²) in [6, 6.07) is 50.5. The number of para-hydroxylation sites is 2. The lowest BCUT2D eigenvalue weighted by Gasteiger charge is -2.24. The Kier molecular flexibility index (Phi) is 6.20. The van der Waals surface area contributed by atoms with Crippen LogP contribution in [0.3, 0.4) is 0 Å². The van der Waals surface area contributed by atoms with Gasteiger partial charge in [0.25, 0.3) is 0 Å². The van der Waals surface area contributed by atoms with Gasteiger partial charge in [0, 0.05) is 50.4 Å². The van der Waals surface area contributed by atoms with Crippen molar-refractivity contribution in [3.8, 4) is 51.0 Å². The Labute approximate surface area is 305 Å². The molecule has 0 aliphatic heterocycles. The highest BCUT2D eigenvalue weighted by Gasteiger charge is 2.38. The fraction of sp³-hybridized carbons (Fsp3) is 0.0638. The highest BCUT2D eigenvalue weighted by molar-refractivity contribution is 6.11. The molecule has 6 aromatic carbocycles. The molecule has 4 heterocycles. The van der Waals surface area contributed by atoms with Crippen molar-refractivity contribution in [2.24, 2.45) is 0 Å². The van der Waals surface area contributed by atoms with E-state index in [9.17, 15) is 0 Å². The summed E-state index contributed by atoms with van der Waals surface area (Å²) >= 11 is 0. The lowest BCUT2D eigenvalue weighted by Crippen LogP contribution is -2.17. The monoisotopic (exact) mass is 681 g/mol. The Morgan fingerprint density at radius 2 is 1.21 bits per heavy atom. The molecule has 1 aliphatic carbocycles. The van der Waals surface area contributed by atoms with Gasteiger partial charge in [-0.1, -0.05) is 117 Å². The van der Waals surface area contributed by atoms with E-state index in [0.29, 0.717) is 17.5 Å². The van der Waals surface area contributed by atoms with E-state index >= 15 is 0 Å². The molecule has 0 saturated heterocycles. The fourth-order valence-electron chi connectivity index (χ4n) is 8.53. The van der Waals surface area contributed by atoms with Gasteiger partial charge in [0.05, 0.1) is 16.8 Å². The molecule has 250 valence electrons. The Balaban J connectivity index is 1.12. The average Bonchev–Trinajstić information content (AvgIpc) is 3.83. The van der Waals surface area contributed by atoms with Crippen molar-refractivity contribution in [3.05, 3.63) is 163 Å². The van der Waals surface area contributed by atoms with Crippen LogP contribution in [0, 0.1) is 0 Å². The van der Waals surface area contributed by atoms with E-state index in [2.05, 4.69) is 122 Å². The topological polar surface area (TPSA) is 69.6 Å². The maximum atomic E-state index is 6.81. The number of pyridine rings is 1. The minimum absolute atomic E-state index is 0.232. The molecule has 10 aromatic rings. The van der Waals surface area contributed by atoms with Gasteiger partial charge in [0.2, 0.25) is 0 Å². The zero-order valence-electron chi connectivity index (χ0n) is 29.1. The second-order valence-electron chi connectivity index (χ2n) is 14.3. The van der Waals surface area contributed by atoms with Crippen LogP contribution in [-0.4, -0.2) is 24.5 Å². The quantitative estimate of drug-likeness (QED) is 0.185. The maximum absolute atomic E-state index is 6.81. The number of fused-ring (bicyclic) bond motifs is 9. The molecule has 0 bridgehead atoms. The van der Waals surface area contributed by atoms with Gasteiger partial charge in [-0.3, -0.25) is 4.57 Å². The SMILES string of the molecule is CC1(C)c2ccccc2-c2cccc(-c3nc(-c4ccccc4)nc(-c4cccc5c4oc4cc(-n6c7ccccc7c7cccnc76)ccc45)n3)c21. The van der Waals surface area contributed by atoms with Crippen molar-refractivity contribution in [2.75, 3.05) is 0 Å². The summed E-state index contributed by atoms with van der Waals surface area (Å²) in [4.78, 5) is 20.3. The zero-order valence-corrected chi connectivity index (χ0v) is 29.1. The standard InChI is InChI=1S/C47H31N5O/c1-47(2)38-22-8-6-15-30(38)33-17-10-19-36(41(33)47)44-49-43(28-13-4-3-5-14-28)50-45(51-44)37-20-11-18-34-32-25-24-29(27-40(32)53-42(34)37)52-39-23-9-7-16-31(39)35-21-12-26-48-46(35)52/h3-27H,1-2H3. The lowest BCUT2D eigenvalue weighted by atomic mass is 9.80. The Morgan fingerprint density at radius 1 is 0.528 bits per heavy atom. The molecular weight excluding hydrogens is 651 g/mol. The van der Waals surface area contributed by atoms with E-state index in [1.807, 2.05) is 48.7 Å². The van der Waals surface area contributed by atoms with Crippen LogP contribution in [0.1, 0.15) is 25.0 Å². The van der Waals surface area contributed by atoms with Crippen molar-refractivity contribution >= 4 is 43.9 Å². The average molecular weight is 682 g/mol. The van der Waals surface area contributed by atoms with Crippen LogP contribution in [0.15, 0.2) is 156 Å². The van der Waals surface area contributed by atoms with Crippen LogP contribution in [0.5, 0.6) is 0 Å². The summed E-state index contributed by atoms with van der Waals surface area (Å²) in [6.45, 7) is 4.58. The summed E-state index contributed by atoms with van der Waals surface area (Å²) in [5.74, 6) is 1.82. The Bertz CT molecular complexity index is 3050. The Hall–Kier alpha value is -6.92. The number of furan rings is 1. The molecule has 0 radical (unpaired) electrons. The molecule has 0 amide bonds. The molecule has 0 fully saturated rings. The van der Waals surface area contributed by atoms with Gasteiger partial charge in [0.1, 0.15) is 16.8 Å². The molecule has 4 aromatic heterocycles. The number of aromatic nitrogens is 5. The van der Waals surface area contributed by atoms with Crippen LogP contribution in [-0.2, 0) is 5.41 Å². The third-order valence-electron chi connectivity index (χ3n) is 10.9. The number of nitrogens with zero attached hydrogens (tertiary/aromatic N) is 5. The third kappa shape index (κ3) is 4.33. The first-order valence-corrected chi connectivity index (χ1v) is 17.9. The lowest BCUT2D eigenvalue weighted by molar-refractivity contribution is 0.661. The zero-order chi connectivity index (χ0) is 35.3. The summed E-state index contributed by atoms with van der Waals surface area (Å²) < 4.78 is 9.02. The summed E-state index contributed by atoms with van der Waals surface area (Å²) in [5.41, 5.74) is 12.0. The largest absolute Gasteiger partial charge is 0.455 e. The normalized spacial score (nSPS) is 13.2. The van der Waals surface area contributed by atoms with Gasteiger partial charge in [-0.15, -0.1) is 0 Å². The molecule has 6 heteroatoms. The van der Waals surface area contributed by atoms with Crippen molar-refractivity contribution in [3.63, 3.8) is 0 Å². The maximum Gasteiger partial charge on any atom is 0.167 e. The molecule has 6 nitrogen and oxygen atoms in total. The van der Waals surface area contributed by atoms with Gasteiger partial charge >= 0.3 is 0 Å². The highest BCUT2D eigenvalue weighted by Crippen LogP contribution is 2.52. The van der Waals surface area contributed by atoms with Crippen LogP contribution in [0.25, 0.3) is 94.9 Å². The second kappa shape index (κ2) is 11.0. The van der Waals surface area contributed by atoms with Crippen molar-refractivity contribution < 1.29 is 4.42 Å². The molecule has 11 rings (SSSR count). The Morgan fingerprint density at radius 3 is 2.11 bits per heavy atom. The molecule has 0 spiro atoms. The minimum Gasteiger partial charge on any atom is -0.455 e. The highest BCUT2D eigenvalue weighted by atomic mass is 16.3. The first-order chi connectivity index (χ1) is 26.0. The van der Waals surface area contributed by atoms with Gasteiger partial charge in [-0.25, -0.2) is 19.9 Å². The van der Waals surface area contributed by atoms with E-state index < -0.39 is 0 Å². The predicted molar refractivity (Wildman–Crippen MR) is 213 cm³/mol. The van der Waals surface area contributed by atoms with E-state index in [4.69, 9.17) is 24.4 Å². The van der Waals surface area contributed by atoms with Crippen LogP contribution >= 0.6 is 0 Å². The van der Waals surface area contributed by atoms with Crippen molar-refractivity contribution in [2.45, 2.75) is 19.3 Å². The van der Waals surface area contributed by atoms with E-state index in [1.54, 1.807) is 0 Å². The second-order valence-corrected chi connectivity index (χ2v) is 14.3. The van der Waals surface area contributed by atoms with Crippen LogP contribution < -0.4 is 0 Å². The van der Waals surface area contributed by atoms with Crippen molar-refractivity contribution in [1.29, 1.82) is 0 Å². The van der Waals surface area contributed by atoms with Crippen LogP contribution in [0.2, 0.25) is 0 Å². The number of hydrogen-bond acceptors (Lipinski definition) is 5. The number of rotatable bonds is 4. The molecular formula is C47H31N5O. The van der Waals surface area contributed by atoms with Gasteiger partial charge in [-0.05, 0) is 58.7 Å². The first-order valence-electron chi connectivity index (χ1n) is 17.9. The van der Waals surface area contributed by atoms with Gasteiger partial charge < -0.3 is 4.42 Å². The van der Waals surface area contributed by atoms with Crippen molar-refractivity contribution in [1.82, 2.24) is 24.5 Å². The molecule has 0 atom stereocenters. The minimum atomic E-state index is -0.232. The molecule has 0 saturated carbocycles. The molecule has 53 heavy (non-hydrogen) atoms. The fourth-order valence-corrected chi connectivity index (χ4v) is 8.53. The summed E-state index contributed by atoms with van der Waals surface area (Å²) in [5, 5.41) is 4.31. The van der Waals surface area contributed by atoms with Crippen LogP contribution in [0.4, 0.5) is 0 Å².